The molecule has 0 fully saturated rings. The van der Waals surface area contributed by atoms with E-state index in [1.54, 1.807) is 0 Å². The lowest BCUT2D eigenvalue weighted by molar-refractivity contribution is 0.522. The summed E-state index contributed by atoms with van der Waals surface area (Å²) in [5, 5.41) is 7.96. The third-order valence-corrected chi connectivity index (χ3v) is 3.21. The number of benzene rings is 1. The Morgan fingerprint density at radius 3 is 2.80 bits per heavy atom. The number of aromatic nitrogens is 2. The van der Waals surface area contributed by atoms with Crippen LogP contribution in [0, 0.1) is 11.8 Å². The number of para-hydroxylation sites is 1. The van der Waals surface area contributed by atoms with Crippen LogP contribution >= 0.6 is 0 Å². The Morgan fingerprint density at radius 1 is 1.30 bits per heavy atom. The molecule has 2 rings (SSSR count). The van der Waals surface area contributed by atoms with E-state index in [0.717, 1.165) is 25.1 Å². The molecule has 0 aliphatic carbocycles. The summed E-state index contributed by atoms with van der Waals surface area (Å²) in [6.45, 7) is 4.95. The molecule has 20 heavy (non-hydrogen) atoms. The molecule has 1 heterocycles. The molecule has 0 saturated heterocycles. The first-order valence-electron chi connectivity index (χ1n) is 7.08. The monoisotopic (exact) mass is 267 g/mol. The second kappa shape index (κ2) is 7.52. The summed E-state index contributed by atoms with van der Waals surface area (Å²) in [6, 6.07) is 10.5. The predicted octanol–water partition coefficient (Wildman–Crippen LogP) is 3.33. The third-order valence-electron chi connectivity index (χ3n) is 3.21. The van der Waals surface area contributed by atoms with Gasteiger partial charge in [0, 0.05) is 24.2 Å². The summed E-state index contributed by atoms with van der Waals surface area (Å²) in [7, 11) is 0. The molecule has 0 saturated carbocycles. The average Bonchev–Trinajstić information content (AvgIpc) is 2.97. The zero-order valence-electron chi connectivity index (χ0n) is 12.1. The summed E-state index contributed by atoms with van der Waals surface area (Å²) < 4.78 is 1.92. The lowest BCUT2D eigenvalue weighted by Crippen LogP contribution is -2.20. The fourth-order valence-electron chi connectivity index (χ4n) is 2.21. The molecule has 2 aromatic rings. The number of hydrogen-bond donors (Lipinski definition) is 1. The molecular weight excluding hydrogens is 246 g/mol. The van der Waals surface area contributed by atoms with Crippen LogP contribution in [0.5, 0.6) is 0 Å². The molecule has 1 atom stereocenters. The zero-order chi connectivity index (χ0) is 14.2. The van der Waals surface area contributed by atoms with Crippen molar-refractivity contribution in [1.29, 1.82) is 0 Å². The van der Waals surface area contributed by atoms with Crippen LogP contribution in [0.15, 0.2) is 42.7 Å². The summed E-state index contributed by atoms with van der Waals surface area (Å²) in [6.07, 6.45) is 5.96. The van der Waals surface area contributed by atoms with Crippen LogP contribution in [0.4, 0.5) is 0 Å². The van der Waals surface area contributed by atoms with Crippen molar-refractivity contribution in [2.75, 3.05) is 6.54 Å². The van der Waals surface area contributed by atoms with Crippen molar-refractivity contribution in [3.05, 3.63) is 48.3 Å². The van der Waals surface area contributed by atoms with E-state index in [0.29, 0.717) is 6.04 Å². The highest BCUT2D eigenvalue weighted by Crippen LogP contribution is 2.19. The molecule has 1 aromatic heterocycles. The van der Waals surface area contributed by atoms with Gasteiger partial charge in [-0.1, -0.05) is 25.1 Å². The van der Waals surface area contributed by atoms with Gasteiger partial charge in [0.05, 0.1) is 11.9 Å². The molecule has 1 unspecified atom stereocenters. The Kier molecular flexibility index (Phi) is 5.40. The van der Waals surface area contributed by atoms with Gasteiger partial charge in [-0.3, -0.25) is 0 Å². The Labute approximate surface area is 121 Å². The lowest BCUT2D eigenvalue weighted by Gasteiger charge is -2.14. The fourth-order valence-corrected chi connectivity index (χ4v) is 2.21. The third kappa shape index (κ3) is 3.72. The van der Waals surface area contributed by atoms with Crippen molar-refractivity contribution in [3.8, 4) is 17.5 Å². The van der Waals surface area contributed by atoms with Crippen LogP contribution in [-0.2, 0) is 0 Å². The van der Waals surface area contributed by atoms with Crippen LogP contribution in [0.2, 0.25) is 0 Å². The number of nitrogens with zero attached hydrogens (tertiary/aromatic N) is 2. The highest BCUT2D eigenvalue weighted by atomic mass is 15.3. The topological polar surface area (TPSA) is 29.9 Å². The Hall–Kier alpha value is -2.05. The highest BCUT2D eigenvalue weighted by Gasteiger charge is 2.12. The molecule has 0 spiro atoms. The molecule has 104 valence electrons. The van der Waals surface area contributed by atoms with E-state index in [-0.39, 0.29) is 0 Å². The maximum atomic E-state index is 4.46. The second-order valence-electron chi connectivity index (χ2n) is 4.63. The van der Waals surface area contributed by atoms with Crippen LogP contribution in [0.25, 0.3) is 5.69 Å². The van der Waals surface area contributed by atoms with Gasteiger partial charge in [-0.05, 0) is 32.0 Å². The average molecular weight is 267 g/mol. The van der Waals surface area contributed by atoms with E-state index in [1.807, 2.05) is 36.0 Å². The van der Waals surface area contributed by atoms with Gasteiger partial charge in [0.25, 0.3) is 0 Å². The van der Waals surface area contributed by atoms with E-state index >= 15 is 0 Å². The van der Waals surface area contributed by atoms with Crippen LogP contribution in [-0.4, -0.2) is 16.3 Å². The largest absolute Gasteiger partial charge is 0.310 e. The molecule has 0 amide bonds. The quantitative estimate of drug-likeness (QED) is 0.814. The van der Waals surface area contributed by atoms with E-state index in [4.69, 9.17) is 0 Å². The van der Waals surface area contributed by atoms with Crippen molar-refractivity contribution in [2.45, 2.75) is 32.7 Å². The summed E-state index contributed by atoms with van der Waals surface area (Å²) in [5.41, 5.74) is 2.30. The van der Waals surface area contributed by atoms with Gasteiger partial charge in [0.15, 0.2) is 0 Å². The number of nitrogens with one attached hydrogen (secondary N) is 1. The Balaban J connectivity index is 2.13. The van der Waals surface area contributed by atoms with Crippen LogP contribution in [0.1, 0.15) is 38.3 Å². The van der Waals surface area contributed by atoms with Gasteiger partial charge in [0.2, 0.25) is 0 Å². The van der Waals surface area contributed by atoms with Gasteiger partial charge < -0.3 is 5.32 Å². The second-order valence-corrected chi connectivity index (χ2v) is 4.63. The molecule has 3 nitrogen and oxygen atoms in total. The maximum Gasteiger partial charge on any atom is 0.0645 e. The summed E-state index contributed by atoms with van der Waals surface area (Å²) >= 11 is 0. The molecule has 1 N–H and O–H groups in total. The standard InChI is InChI=1S/C17H21N3/c1-3-5-7-12-17(18-4-2)15-13-19-20(14-15)16-10-8-6-9-11-16/h6,8-11,13-14,17-18H,4,7,12H2,1-2H3. The van der Waals surface area contributed by atoms with Crippen molar-refractivity contribution < 1.29 is 0 Å². The molecule has 0 bridgehead atoms. The van der Waals surface area contributed by atoms with Crippen LogP contribution in [0.3, 0.4) is 0 Å². The normalized spacial score (nSPS) is 11.7. The summed E-state index contributed by atoms with van der Waals surface area (Å²) in [4.78, 5) is 0. The lowest BCUT2D eigenvalue weighted by atomic mass is 10.1. The molecule has 0 aliphatic heterocycles. The predicted molar refractivity (Wildman–Crippen MR) is 82.7 cm³/mol. The summed E-state index contributed by atoms with van der Waals surface area (Å²) in [5.74, 6) is 6.08. The minimum atomic E-state index is 0.318. The number of hydrogen-bond acceptors (Lipinski definition) is 2. The zero-order valence-corrected chi connectivity index (χ0v) is 12.1. The highest BCUT2D eigenvalue weighted by molar-refractivity contribution is 5.31. The molecule has 1 aromatic carbocycles. The van der Waals surface area contributed by atoms with Crippen molar-refractivity contribution in [2.24, 2.45) is 0 Å². The number of rotatable bonds is 6. The molecule has 0 radical (unpaired) electrons. The fraction of sp³-hybridized carbons (Fsp3) is 0.353. The van der Waals surface area contributed by atoms with Crippen molar-refractivity contribution in [3.63, 3.8) is 0 Å². The van der Waals surface area contributed by atoms with E-state index in [1.165, 1.54) is 5.56 Å². The first-order valence-corrected chi connectivity index (χ1v) is 7.08. The van der Waals surface area contributed by atoms with Crippen molar-refractivity contribution in [1.82, 2.24) is 15.1 Å². The SMILES string of the molecule is CC#CCCC(NCC)c1cnn(-c2ccccc2)c1. The first-order chi connectivity index (χ1) is 9.85. The van der Waals surface area contributed by atoms with Gasteiger partial charge in [0.1, 0.15) is 0 Å². The first kappa shape index (κ1) is 14.4. The molecule has 0 aliphatic rings. The van der Waals surface area contributed by atoms with E-state index in [2.05, 4.69) is 47.5 Å². The smallest absolute Gasteiger partial charge is 0.0645 e. The van der Waals surface area contributed by atoms with Gasteiger partial charge in [-0.25, -0.2) is 4.68 Å². The minimum Gasteiger partial charge on any atom is -0.310 e. The minimum absolute atomic E-state index is 0.318. The Morgan fingerprint density at radius 2 is 2.10 bits per heavy atom. The van der Waals surface area contributed by atoms with E-state index < -0.39 is 0 Å². The Bertz CT molecular complexity index is 575. The van der Waals surface area contributed by atoms with Gasteiger partial charge in [-0.2, -0.15) is 5.10 Å². The molecule has 3 heteroatoms. The van der Waals surface area contributed by atoms with E-state index in [9.17, 15) is 0 Å². The molecular formula is C17H21N3. The van der Waals surface area contributed by atoms with Gasteiger partial charge in [-0.15, -0.1) is 11.8 Å². The van der Waals surface area contributed by atoms with Crippen molar-refractivity contribution >= 4 is 0 Å². The maximum absolute atomic E-state index is 4.46. The van der Waals surface area contributed by atoms with Gasteiger partial charge >= 0.3 is 0 Å². The van der Waals surface area contributed by atoms with Crippen LogP contribution < -0.4 is 5.32 Å².